The quantitative estimate of drug-likeness (QED) is 0.661. The van der Waals surface area contributed by atoms with Gasteiger partial charge in [0.25, 0.3) is 0 Å². The molecule has 0 atom stereocenters. The predicted molar refractivity (Wildman–Crippen MR) is 52.9 cm³/mol. The average Bonchev–Trinajstić information content (AvgIpc) is 2.06. The van der Waals surface area contributed by atoms with Gasteiger partial charge in [-0.2, -0.15) is 0 Å². The molecule has 0 aliphatic heterocycles. The van der Waals surface area contributed by atoms with Gasteiger partial charge in [0.05, 0.1) is 0 Å². The zero-order valence-corrected chi connectivity index (χ0v) is 7.21. The van der Waals surface area contributed by atoms with E-state index in [1.54, 1.807) is 6.07 Å². The summed E-state index contributed by atoms with van der Waals surface area (Å²) in [6, 6.07) is 13.3. The zero-order valence-electron chi connectivity index (χ0n) is 6.40. The molecule has 0 radical (unpaired) electrons. The van der Waals surface area contributed by atoms with E-state index >= 15 is 0 Å². The van der Waals surface area contributed by atoms with Crippen LogP contribution in [0.15, 0.2) is 42.5 Å². The molecule has 0 fully saturated rings. The number of fused-ring (bicyclic) bond motifs is 1. The summed E-state index contributed by atoms with van der Waals surface area (Å²) in [5.74, 6) is 0.350. The first kappa shape index (κ1) is 8.88. The fraction of sp³-hybridized carbons (Fsp3) is 0. The Labute approximate surface area is 77.1 Å². The van der Waals surface area contributed by atoms with Crippen molar-refractivity contribution < 1.29 is 5.11 Å². The molecule has 62 valence electrons. The Morgan fingerprint density at radius 2 is 1.50 bits per heavy atom. The van der Waals surface area contributed by atoms with Crippen LogP contribution in [0, 0.1) is 0 Å². The molecular weight excluding hydrogens is 172 g/mol. The van der Waals surface area contributed by atoms with Crippen molar-refractivity contribution in [2.24, 2.45) is 0 Å². The van der Waals surface area contributed by atoms with Crippen molar-refractivity contribution in [2.45, 2.75) is 0 Å². The third-order valence-corrected chi connectivity index (χ3v) is 1.77. The number of hydrogen-bond acceptors (Lipinski definition) is 1. The Balaban J connectivity index is 0.000000720. The summed E-state index contributed by atoms with van der Waals surface area (Å²) in [7, 11) is 0. The van der Waals surface area contributed by atoms with E-state index in [2.05, 4.69) is 0 Å². The fourth-order valence-electron chi connectivity index (χ4n) is 1.21. The molecule has 0 bridgehead atoms. The highest BCUT2D eigenvalue weighted by molar-refractivity contribution is 5.87. The lowest BCUT2D eigenvalue weighted by molar-refractivity contribution is 0.481. The van der Waals surface area contributed by atoms with Crippen LogP contribution in [0.5, 0.6) is 5.75 Å². The number of aromatic hydroxyl groups is 1. The van der Waals surface area contributed by atoms with Crippen LogP contribution in [0.1, 0.15) is 0 Å². The lowest BCUT2D eigenvalue weighted by Crippen LogP contribution is -1.70. The minimum atomic E-state index is 0. The van der Waals surface area contributed by atoms with E-state index in [-0.39, 0.29) is 12.4 Å². The Kier molecular flexibility index (Phi) is 2.56. The van der Waals surface area contributed by atoms with Crippen molar-refractivity contribution in [3.8, 4) is 5.75 Å². The van der Waals surface area contributed by atoms with Gasteiger partial charge < -0.3 is 5.11 Å². The first-order valence-electron chi connectivity index (χ1n) is 3.54. The van der Waals surface area contributed by atoms with Crippen LogP contribution >= 0.6 is 12.4 Å². The normalized spacial score (nSPS) is 9.33. The number of rotatable bonds is 0. The summed E-state index contributed by atoms with van der Waals surface area (Å²) in [6.45, 7) is 0. The molecular formula is C10H9ClO. The highest BCUT2D eigenvalue weighted by atomic mass is 35.5. The lowest BCUT2D eigenvalue weighted by Gasteiger charge is -1.97. The van der Waals surface area contributed by atoms with E-state index in [0.29, 0.717) is 5.75 Å². The summed E-state index contributed by atoms with van der Waals surface area (Å²) < 4.78 is 0. The first-order chi connectivity index (χ1) is 5.38. The first-order valence-corrected chi connectivity index (χ1v) is 3.54. The number of phenolic OH excluding ortho intramolecular Hbond substituents is 1. The molecule has 0 aliphatic carbocycles. The van der Waals surface area contributed by atoms with E-state index in [1.165, 1.54) is 0 Å². The molecule has 2 aromatic carbocycles. The topological polar surface area (TPSA) is 20.2 Å². The lowest BCUT2D eigenvalue weighted by atomic mass is 10.1. The van der Waals surface area contributed by atoms with Crippen molar-refractivity contribution in [3.05, 3.63) is 42.5 Å². The second-order valence-corrected chi connectivity index (χ2v) is 2.50. The molecule has 0 aromatic heterocycles. The summed E-state index contributed by atoms with van der Waals surface area (Å²) in [4.78, 5) is 0. The Morgan fingerprint density at radius 1 is 0.833 bits per heavy atom. The monoisotopic (exact) mass is 180 g/mol. The Bertz CT molecular complexity index is 379. The van der Waals surface area contributed by atoms with Gasteiger partial charge in [0, 0.05) is 5.39 Å². The molecule has 2 aromatic rings. The van der Waals surface area contributed by atoms with Gasteiger partial charge in [-0.15, -0.1) is 12.4 Å². The van der Waals surface area contributed by atoms with E-state index in [1.807, 2.05) is 36.4 Å². The maximum absolute atomic E-state index is 9.37. The van der Waals surface area contributed by atoms with Gasteiger partial charge in [-0.05, 0) is 11.5 Å². The van der Waals surface area contributed by atoms with Gasteiger partial charge in [0.2, 0.25) is 0 Å². The highest BCUT2D eigenvalue weighted by Crippen LogP contribution is 2.22. The van der Waals surface area contributed by atoms with Gasteiger partial charge >= 0.3 is 0 Å². The molecule has 12 heavy (non-hydrogen) atoms. The van der Waals surface area contributed by atoms with Crippen LogP contribution in [0.2, 0.25) is 0 Å². The van der Waals surface area contributed by atoms with Crippen LogP contribution in [-0.2, 0) is 0 Å². The van der Waals surface area contributed by atoms with Gasteiger partial charge in [0.15, 0.2) is 0 Å². The summed E-state index contributed by atoms with van der Waals surface area (Å²) >= 11 is 0. The van der Waals surface area contributed by atoms with E-state index < -0.39 is 0 Å². The van der Waals surface area contributed by atoms with Crippen LogP contribution in [0.25, 0.3) is 10.8 Å². The van der Waals surface area contributed by atoms with Crippen molar-refractivity contribution in [2.75, 3.05) is 0 Å². The third kappa shape index (κ3) is 1.36. The van der Waals surface area contributed by atoms with Crippen LogP contribution < -0.4 is 0 Å². The predicted octanol–water partition coefficient (Wildman–Crippen LogP) is 2.97. The number of phenols is 1. The molecule has 0 heterocycles. The largest absolute Gasteiger partial charge is 0.507 e. The molecule has 0 spiro atoms. The number of benzene rings is 2. The van der Waals surface area contributed by atoms with Crippen molar-refractivity contribution >= 4 is 23.2 Å². The Hall–Kier alpha value is -1.21. The van der Waals surface area contributed by atoms with Crippen LogP contribution in [-0.4, -0.2) is 5.11 Å². The van der Waals surface area contributed by atoms with Crippen LogP contribution in [0.3, 0.4) is 0 Å². The van der Waals surface area contributed by atoms with Gasteiger partial charge in [0.1, 0.15) is 5.75 Å². The molecule has 0 amide bonds. The van der Waals surface area contributed by atoms with Crippen LogP contribution in [0.4, 0.5) is 0 Å². The molecule has 0 unspecified atom stereocenters. The zero-order chi connectivity index (χ0) is 7.68. The molecule has 1 N–H and O–H groups in total. The summed E-state index contributed by atoms with van der Waals surface area (Å²) in [6.07, 6.45) is 0. The Morgan fingerprint density at radius 3 is 2.25 bits per heavy atom. The standard InChI is InChI=1S/C10H8O.ClH/c11-10-7-3-5-8-4-1-2-6-9(8)10;/h1-7,11H;1H. The number of hydrogen-bond donors (Lipinski definition) is 1. The molecule has 0 aliphatic rings. The summed E-state index contributed by atoms with van der Waals surface area (Å²) in [5.41, 5.74) is 0. The van der Waals surface area contributed by atoms with Crippen molar-refractivity contribution in [1.29, 1.82) is 0 Å². The summed E-state index contributed by atoms with van der Waals surface area (Å²) in [5, 5.41) is 11.4. The van der Waals surface area contributed by atoms with E-state index in [9.17, 15) is 5.11 Å². The molecule has 0 saturated carbocycles. The third-order valence-electron chi connectivity index (χ3n) is 1.77. The number of halogens is 1. The minimum absolute atomic E-state index is 0. The molecule has 0 saturated heterocycles. The second kappa shape index (κ2) is 3.46. The van der Waals surface area contributed by atoms with E-state index in [4.69, 9.17) is 0 Å². The average molecular weight is 181 g/mol. The van der Waals surface area contributed by atoms with E-state index in [0.717, 1.165) is 10.8 Å². The van der Waals surface area contributed by atoms with Gasteiger partial charge in [-0.1, -0.05) is 36.4 Å². The molecule has 2 heteroatoms. The van der Waals surface area contributed by atoms with Gasteiger partial charge in [-0.25, -0.2) is 0 Å². The van der Waals surface area contributed by atoms with Gasteiger partial charge in [-0.3, -0.25) is 0 Å². The minimum Gasteiger partial charge on any atom is -0.507 e. The molecule has 2 rings (SSSR count). The van der Waals surface area contributed by atoms with Crippen molar-refractivity contribution in [3.63, 3.8) is 0 Å². The SMILES string of the molecule is Cl.Oc1cccc2ccccc12. The second-order valence-electron chi connectivity index (χ2n) is 2.50. The molecule has 1 nitrogen and oxygen atoms in total. The smallest absolute Gasteiger partial charge is 0.123 e. The fourth-order valence-corrected chi connectivity index (χ4v) is 1.21. The maximum Gasteiger partial charge on any atom is 0.123 e. The van der Waals surface area contributed by atoms with Crippen molar-refractivity contribution in [1.82, 2.24) is 0 Å². The maximum atomic E-state index is 9.37. The highest BCUT2D eigenvalue weighted by Gasteiger charge is 1.94.